The van der Waals surface area contributed by atoms with E-state index < -0.39 is 0 Å². The number of nitrogens with one attached hydrogen (secondary N) is 1. The molecule has 0 atom stereocenters. The van der Waals surface area contributed by atoms with Crippen molar-refractivity contribution in [1.29, 1.82) is 0 Å². The van der Waals surface area contributed by atoms with Crippen molar-refractivity contribution in [3.8, 4) is 0 Å². The molecule has 1 aliphatic rings. The maximum Gasteiger partial charge on any atom is 0.269 e. The van der Waals surface area contributed by atoms with E-state index in [-0.39, 0.29) is 11.3 Å². The summed E-state index contributed by atoms with van der Waals surface area (Å²) in [5.41, 5.74) is 5.74. The molecule has 128 valence electrons. The Morgan fingerprint density at radius 3 is 2.58 bits per heavy atom. The van der Waals surface area contributed by atoms with Crippen LogP contribution < -0.4 is 5.32 Å². The number of carbonyl (C=O) groups excluding carboxylic acids is 1. The molecule has 0 saturated heterocycles. The van der Waals surface area contributed by atoms with Gasteiger partial charge in [-0.3, -0.25) is 9.48 Å². The second-order valence-corrected chi connectivity index (χ2v) is 7.70. The number of aryl methyl sites for hydroxylation is 2. The van der Waals surface area contributed by atoms with Crippen LogP contribution in [-0.2, 0) is 31.7 Å². The summed E-state index contributed by atoms with van der Waals surface area (Å²) < 4.78 is 1.73. The summed E-state index contributed by atoms with van der Waals surface area (Å²) in [4.78, 5) is 12.5. The number of amides is 1. The quantitative estimate of drug-likeness (QED) is 0.938. The molecule has 1 N–H and O–H groups in total. The van der Waals surface area contributed by atoms with Crippen LogP contribution in [0, 0.1) is 0 Å². The summed E-state index contributed by atoms with van der Waals surface area (Å²) in [5, 5.41) is 7.52. The fraction of sp³-hybridized carbons (Fsp3) is 0.500. The highest BCUT2D eigenvalue weighted by Crippen LogP contribution is 2.24. The molecule has 0 radical (unpaired) electrons. The Bertz CT molecular complexity index is 735. The highest BCUT2D eigenvalue weighted by Gasteiger charge is 2.24. The Hall–Kier alpha value is -2.10. The Kier molecular flexibility index (Phi) is 4.48. The lowest BCUT2D eigenvalue weighted by atomic mass is 9.86. The highest BCUT2D eigenvalue weighted by molar-refractivity contribution is 5.94. The van der Waals surface area contributed by atoms with Crippen LogP contribution in [0.2, 0.25) is 0 Å². The number of rotatable bonds is 4. The lowest BCUT2D eigenvalue weighted by Gasteiger charge is -2.19. The van der Waals surface area contributed by atoms with E-state index in [9.17, 15) is 4.79 Å². The second-order valence-electron chi connectivity index (χ2n) is 7.70. The van der Waals surface area contributed by atoms with Crippen LogP contribution in [-0.4, -0.2) is 22.2 Å². The summed E-state index contributed by atoms with van der Waals surface area (Å²) in [7, 11) is 1.86. The van der Waals surface area contributed by atoms with Gasteiger partial charge in [-0.25, -0.2) is 0 Å². The van der Waals surface area contributed by atoms with Gasteiger partial charge in [0, 0.05) is 19.2 Å². The lowest BCUT2D eigenvalue weighted by Crippen LogP contribution is -2.28. The van der Waals surface area contributed by atoms with Crippen LogP contribution in [0.5, 0.6) is 0 Å². The fourth-order valence-electron chi connectivity index (χ4n) is 3.38. The van der Waals surface area contributed by atoms with Gasteiger partial charge in [-0.1, -0.05) is 45.0 Å². The Morgan fingerprint density at radius 2 is 1.92 bits per heavy atom. The lowest BCUT2D eigenvalue weighted by molar-refractivity contribution is 0.0943. The maximum absolute atomic E-state index is 12.5. The molecule has 1 aromatic heterocycles. The van der Waals surface area contributed by atoms with Gasteiger partial charge in [0.2, 0.25) is 0 Å². The van der Waals surface area contributed by atoms with E-state index in [0.29, 0.717) is 6.54 Å². The molecule has 0 spiro atoms. The summed E-state index contributed by atoms with van der Waals surface area (Å²) in [6, 6.07) is 8.69. The average molecular weight is 325 g/mol. The summed E-state index contributed by atoms with van der Waals surface area (Å²) in [5.74, 6) is -0.000498. The minimum Gasteiger partial charge on any atom is -0.350 e. The summed E-state index contributed by atoms with van der Waals surface area (Å²) in [6.45, 7) is 7.30. The molecular formula is C20H27N3O. The molecule has 0 aliphatic heterocycles. The number of hydrogen-bond donors (Lipinski definition) is 1. The van der Waals surface area contributed by atoms with Crippen LogP contribution in [0.4, 0.5) is 0 Å². The minimum atomic E-state index is -0.000498. The van der Waals surface area contributed by atoms with Gasteiger partial charge in [0.05, 0.1) is 5.69 Å². The van der Waals surface area contributed by atoms with Gasteiger partial charge in [-0.15, -0.1) is 0 Å². The molecule has 3 rings (SSSR count). The van der Waals surface area contributed by atoms with E-state index in [1.807, 2.05) is 7.05 Å². The average Bonchev–Trinajstić information content (AvgIpc) is 3.06. The number of fused-ring (bicyclic) bond motifs is 1. The molecule has 1 heterocycles. The third-order valence-electron chi connectivity index (χ3n) is 4.80. The van der Waals surface area contributed by atoms with Crippen molar-refractivity contribution in [2.75, 3.05) is 6.54 Å². The van der Waals surface area contributed by atoms with Crippen molar-refractivity contribution in [2.45, 2.75) is 51.9 Å². The molecule has 4 heteroatoms. The number of aromatic nitrogens is 2. The predicted molar refractivity (Wildman–Crippen MR) is 96.4 cm³/mol. The first-order valence-electron chi connectivity index (χ1n) is 8.78. The van der Waals surface area contributed by atoms with Crippen molar-refractivity contribution in [1.82, 2.24) is 15.1 Å². The highest BCUT2D eigenvalue weighted by atomic mass is 16.2. The number of benzene rings is 1. The van der Waals surface area contributed by atoms with Gasteiger partial charge >= 0.3 is 0 Å². The van der Waals surface area contributed by atoms with Crippen molar-refractivity contribution < 1.29 is 4.79 Å². The smallest absolute Gasteiger partial charge is 0.269 e. The zero-order chi connectivity index (χ0) is 17.3. The number of nitrogens with zero attached hydrogens (tertiary/aromatic N) is 2. The van der Waals surface area contributed by atoms with Gasteiger partial charge in [0.25, 0.3) is 5.91 Å². The molecule has 1 amide bonds. The SMILES string of the molecule is Cn1nc2c(c1C(=O)NCCc1ccc(C(C)(C)C)cc1)CCC2. The van der Waals surface area contributed by atoms with Crippen molar-refractivity contribution in [3.63, 3.8) is 0 Å². The first kappa shape index (κ1) is 16.7. The van der Waals surface area contributed by atoms with Crippen LogP contribution >= 0.6 is 0 Å². The fourth-order valence-corrected chi connectivity index (χ4v) is 3.38. The first-order chi connectivity index (χ1) is 11.4. The summed E-state index contributed by atoms with van der Waals surface area (Å²) in [6.07, 6.45) is 3.92. The van der Waals surface area contributed by atoms with E-state index in [2.05, 4.69) is 55.5 Å². The summed E-state index contributed by atoms with van der Waals surface area (Å²) >= 11 is 0. The first-order valence-corrected chi connectivity index (χ1v) is 8.78. The van der Waals surface area contributed by atoms with E-state index >= 15 is 0 Å². The van der Waals surface area contributed by atoms with Crippen LogP contribution in [0.1, 0.15) is 60.1 Å². The third-order valence-corrected chi connectivity index (χ3v) is 4.80. The zero-order valence-electron chi connectivity index (χ0n) is 15.1. The number of carbonyl (C=O) groups is 1. The molecule has 0 saturated carbocycles. The van der Waals surface area contributed by atoms with E-state index in [1.165, 1.54) is 11.1 Å². The molecule has 0 unspecified atom stereocenters. The van der Waals surface area contributed by atoms with Gasteiger partial charge < -0.3 is 5.32 Å². The maximum atomic E-state index is 12.5. The largest absolute Gasteiger partial charge is 0.350 e. The third kappa shape index (κ3) is 3.37. The Labute approximate surface area is 144 Å². The van der Waals surface area contributed by atoms with Crippen LogP contribution in [0.25, 0.3) is 0 Å². The molecule has 1 aliphatic carbocycles. The zero-order valence-corrected chi connectivity index (χ0v) is 15.1. The van der Waals surface area contributed by atoms with Gasteiger partial charge in [-0.2, -0.15) is 5.10 Å². The molecule has 0 fully saturated rings. The van der Waals surface area contributed by atoms with Gasteiger partial charge in [0.1, 0.15) is 5.69 Å². The molecular weight excluding hydrogens is 298 g/mol. The van der Waals surface area contributed by atoms with Crippen LogP contribution in [0.3, 0.4) is 0 Å². The normalized spacial score (nSPS) is 13.8. The van der Waals surface area contributed by atoms with Crippen molar-refractivity contribution in [3.05, 3.63) is 52.3 Å². The number of hydrogen-bond acceptors (Lipinski definition) is 2. The van der Waals surface area contributed by atoms with E-state index in [1.54, 1.807) is 4.68 Å². The molecule has 4 nitrogen and oxygen atoms in total. The molecule has 1 aromatic carbocycles. The Morgan fingerprint density at radius 1 is 1.21 bits per heavy atom. The van der Waals surface area contributed by atoms with Gasteiger partial charge in [-0.05, 0) is 42.2 Å². The minimum absolute atomic E-state index is 0.000498. The molecule has 0 bridgehead atoms. The molecule has 24 heavy (non-hydrogen) atoms. The second kappa shape index (κ2) is 6.42. The van der Waals surface area contributed by atoms with E-state index in [0.717, 1.165) is 42.6 Å². The van der Waals surface area contributed by atoms with Crippen LogP contribution in [0.15, 0.2) is 24.3 Å². The van der Waals surface area contributed by atoms with E-state index in [4.69, 9.17) is 0 Å². The topological polar surface area (TPSA) is 46.9 Å². The predicted octanol–water partition coefficient (Wildman–Crippen LogP) is 3.18. The van der Waals surface area contributed by atoms with Crippen molar-refractivity contribution >= 4 is 5.91 Å². The monoisotopic (exact) mass is 325 g/mol. The van der Waals surface area contributed by atoms with Crippen molar-refractivity contribution in [2.24, 2.45) is 7.05 Å². The van der Waals surface area contributed by atoms with Gasteiger partial charge in [0.15, 0.2) is 0 Å². The standard InChI is InChI=1S/C20H27N3O/c1-20(2,3)15-10-8-14(9-11-15)12-13-21-19(24)18-16-6-5-7-17(16)22-23(18)4/h8-11H,5-7,12-13H2,1-4H3,(H,21,24). The Balaban J connectivity index is 1.58. The molecule has 2 aromatic rings.